The molecule has 1 fully saturated rings. The lowest BCUT2D eigenvalue weighted by atomic mass is 9.73. The number of anilines is 2. The van der Waals surface area contributed by atoms with Gasteiger partial charge in [-0.3, -0.25) is 9.59 Å². The Morgan fingerprint density at radius 3 is 2.15 bits per heavy atom. The molecule has 3 aromatic rings. The maximum Gasteiger partial charge on any atom is 0.255 e. The van der Waals surface area contributed by atoms with E-state index >= 15 is 0 Å². The van der Waals surface area contributed by atoms with Crippen molar-refractivity contribution in [2.45, 2.75) is 18.3 Å². The van der Waals surface area contributed by atoms with Gasteiger partial charge in [0.25, 0.3) is 5.91 Å². The van der Waals surface area contributed by atoms with Gasteiger partial charge in [-0.05, 0) is 66.9 Å². The number of carbonyl (C=O) groups excluding carboxylic acids is 2. The van der Waals surface area contributed by atoms with Gasteiger partial charge in [-0.2, -0.15) is 0 Å². The quantitative estimate of drug-likeness (QED) is 0.536. The van der Waals surface area contributed by atoms with E-state index in [0.29, 0.717) is 48.7 Å². The van der Waals surface area contributed by atoms with E-state index in [0.717, 1.165) is 11.3 Å². The van der Waals surface area contributed by atoms with Crippen LogP contribution in [0.4, 0.5) is 11.4 Å². The number of hydrogen-bond acceptors (Lipinski definition) is 5. The molecule has 4 rings (SSSR count). The van der Waals surface area contributed by atoms with Crippen molar-refractivity contribution in [3.63, 3.8) is 0 Å². The minimum atomic E-state index is -0.690. The monoisotopic (exact) mass is 460 g/mol. The lowest BCUT2D eigenvalue weighted by Crippen LogP contribution is -2.44. The van der Waals surface area contributed by atoms with Crippen LogP contribution in [0, 0.1) is 0 Å². The largest absolute Gasteiger partial charge is 0.497 e. The molecule has 0 radical (unpaired) electrons. The average molecular weight is 461 g/mol. The topological polar surface area (TPSA) is 85.9 Å². The van der Waals surface area contributed by atoms with Crippen molar-refractivity contribution in [3.05, 3.63) is 83.9 Å². The fourth-order valence-corrected chi connectivity index (χ4v) is 4.17. The number of rotatable bonds is 7. The number of hydrogen-bond donors (Lipinski definition) is 2. The van der Waals surface area contributed by atoms with Crippen molar-refractivity contribution in [2.75, 3.05) is 38.1 Å². The third-order valence-corrected chi connectivity index (χ3v) is 6.18. The summed E-state index contributed by atoms with van der Waals surface area (Å²) in [4.78, 5) is 26.2. The fourth-order valence-electron chi connectivity index (χ4n) is 4.17. The smallest absolute Gasteiger partial charge is 0.255 e. The number of nitrogens with one attached hydrogen (secondary N) is 2. The van der Waals surface area contributed by atoms with Crippen LogP contribution in [-0.2, 0) is 14.9 Å². The van der Waals surface area contributed by atoms with Crippen molar-refractivity contribution in [1.29, 1.82) is 0 Å². The second-order valence-electron chi connectivity index (χ2n) is 8.11. The zero-order valence-electron chi connectivity index (χ0n) is 19.3. The van der Waals surface area contributed by atoms with Gasteiger partial charge >= 0.3 is 0 Å². The average Bonchev–Trinajstić information content (AvgIpc) is 2.89. The second-order valence-corrected chi connectivity index (χ2v) is 8.11. The third kappa shape index (κ3) is 4.89. The lowest BCUT2D eigenvalue weighted by Gasteiger charge is -2.36. The molecule has 7 nitrogen and oxygen atoms in total. The van der Waals surface area contributed by atoms with Crippen molar-refractivity contribution < 1.29 is 23.8 Å². The first-order chi connectivity index (χ1) is 16.6. The summed E-state index contributed by atoms with van der Waals surface area (Å²) in [6.45, 7) is 1.03. The molecule has 2 amide bonds. The molecule has 1 aliphatic rings. The highest BCUT2D eigenvalue weighted by molar-refractivity contribution is 6.05. The van der Waals surface area contributed by atoms with Crippen LogP contribution in [0.1, 0.15) is 28.8 Å². The molecule has 0 aliphatic carbocycles. The van der Waals surface area contributed by atoms with Gasteiger partial charge in [0, 0.05) is 24.5 Å². The molecular formula is C27H28N2O5. The number of amides is 2. The molecule has 0 unspecified atom stereocenters. The highest BCUT2D eigenvalue weighted by atomic mass is 16.5. The first kappa shape index (κ1) is 23.3. The standard InChI is InChI=1S/C27H28N2O5/c1-32-22-13-9-20(10-14-22)27(15-17-34-18-16-27)26(31)28-21-11-7-19(8-12-21)25(30)29-23-5-3-4-6-24(23)33-2/h3-14H,15-18H2,1-2H3,(H,28,31)(H,29,30). The molecule has 176 valence electrons. The van der Waals surface area contributed by atoms with Crippen LogP contribution in [0.2, 0.25) is 0 Å². The van der Waals surface area contributed by atoms with Crippen molar-refractivity contribution in [1.82, 2.24) is 0 Å². The van der Waals surface area contributed by atoms with Crippen molar-refractivity contribution in [2.24, 2.45) is 0 Å². The van der Waals surface area contributed by atoms with Crippen LogP contribution in [0.3, 0.4) is 0 Å². The molecule has 0 atom stereocenters. The van der Waals surface area contributed by atoms with Crippen LogP contribution < -0.4 is 20.1 Å². The molecule has 1 heterocycles. The summed E-state index contributed by atoms with van der Waals surface area (Å²) in [5.74, 6) is 0.974. The van der Waals surface area contributed by atoms with Gasteiger partial charge < -0.3 is 24.8 Å². The molecule has 7 heteroatoms. The van der Waals surface area contributed by atoms with E-state index in [4.69, 9.17) is 14.2 Å². The summed E-state index contributed by atoms with van der Waals surface area (Å²) in [7, 11) is 3.17. The third-order valence-electron chi connectivity index (χ3n) is 6.18. The Morgan fingerprint density at radius 1 is 0.824 bits per heavy atom. The van der Waals surface area contributed by atoms with Gasteiger partial charge in [-0.25, -0.2) is 0 Å². The van der Waals surface area contributed by atoms with Gasteiger partial charge in [0.15, 0.2) is 0 Å². The van der Waals surface area contributed by atoms with Crippen LogP contribution in [0.5, 0.6) is 11.5 Å². The highest BCUT2D eigenvalue weighted by Gasteiger charge is 2.41. The molecule has 34 heavy (non-hydrogen) atoms. The normalized spacial score (nSPS) is 14.6. The molecule has 1 aliphatic heterocycles. The Morgan fingerprint density at radius 2 is 1.50 bits per heavy atom. The van der Waals surface area contributed by atoms with Gasteiger partial charge in [0.05, 0.1) is 25.3 Å². The number of methoxy groups -OCH3 is 2. The molecule has 1 saturated heterocycles. The maximum absolute atomic E-state index is 13.5. The molecule has 0 bridgehead atoms. The summed E-state index contributed by atoms with van der Waals surface area (Å²) in [5, 5.41) is 5.89. The Labute approximate surface area is 199 Å². The first-order valence-corrected chi connectivity index (χ1v) is 11.1. The number of carbonyl (C=O) groups is 2. The summed E-state index contributed by atoms with van der Waals surface area (Å²) in [5.41, 5.74) is 1.93. The highest BCUT2D eigenvalue weighted by Crippen LogP contribution is 2.37. The summed E-state index contributed by atoms with van der Waals surface area (Å²) >= 11 is 0. The molecule has 2 N–H and O–H groups in total. The lowest BCUT2D eigenvalue weighted by molar-refractivity contribution is -0.125. The number of benzene rings is 3. The van der Waals surface area contributed by atoms with Gasteiger partial charge in [0.2, 0.25) is 5.91 Å². The second kappa shape index (κ2) is 10.4. The van der Waals surface area contributed by atoms with Gasteiger partial charge in [0.1, 0.15) is 11.5 Å². The van der Waals surface area contributed by atoms with Crippen LogP contribution in [0.25, 0.3) is 0 Å². The summed E-state index contributed by atoms with van der Waals surface area (Å²) < 4.78 is 16.1. The van der Waals surface area contributed by atoms with E-state index in [1.807, 2.05) is 36.4 Å². The van der Waals surface area contributed by atoms with E-state index in [-0.39, 0.29) is 11.8 Å². The minimum Gasteiger partial charge on any atom is -0.497 e. The number of ether oxygens (including phenoxy) is 3. The zero-order valence-corrected chi connectivity index (χ0v) is 19.3. The first-order valence-electron chi connectivity index (χ1n) is 11.1. The predicted molar refractivity (Wildman–Crippen MR) is 131 cm³/mol. The van der Waals surface area contributed by atoms with Crippen molar-refractivity contribution in [3.8, 4) is 11.5 Å². The van der Waals surface area contributed by atoms with E-state index in [9.17, 15) is 9.59 Å². The minimum absolute atomic E-state index is 0.0906. The van der Waals surface area contributed by atoms with Crippen LogP contribution >= 0.6 is 0 Å². The Hall–Kier alpha value is -3.84. The molecule has 0 saturated carbocycles. The molecule has 0 aromatic heterocycles. The molecular weight excluding hydrogens is 432 g/mol. The Kier molecular flexibility index (Phi) is 7.13. The zero-order chi connectivity index (χ0) is 24.0. The van der Waals surface area contributed by atoms with Gasteiger partial charge in [-0.15, -0.1) is 0 Å². The van der Waals surface area contributed by atoms with E-state index < -0.39 is 5.41 Å². The van der Waals surface area contributed by atoms with Gasteiger partial charge in [-0.1, -0.05) is 24.3 Å². The Bertz CT molecular complexity index is 1140. The fraction of sp³-hybridized carbons (Fsp3) is 0.259. The Balaban J connectivity index is 1.49. The van der Waals surface area contributed by atoms with E-state index in [1.54, 1.807) is 50.6 Å². The SMILES string of the molecule is COc1ccc(C2(C(=O)Nc3ccc(C(=O)Nc4ccccc4OC)cc3)CCOCC2)cc1. The number of para-hydroxylation sites is 2. The maximum atomic E-state index is 13.5. The van der Waals surface area contributed by atoms with Crippen LogP contribution in [0.15, 0.2) is 72.8 Å². The summed E-state index contributed by atoms with van der Waals surface area (Å²) in [6.07, 6.45) is 1.18. The molecule has 0 spiro atoms. The van der Waals surface area contributed by atoms with Crippen molar-refractivity contribution >= 4 is 23.2 Å². The van der Waals surface area contributed by atoms with E-state index in [2.05, 4.69) is 10.6 Å². The van der Waals surface area contributed by atoms with Crippen LogP contribution in [-0.4, -0.2) is 39.2 Å². The molecule has 3 aromatic carbocycles. The predicted octanol–water partition coefficient (Wildman–Crippen LogP) is 4.64. The van der Waals surface area contributed by atoms with E-state index in [1.165, 1.54) is 0 Å². The summed E-state index contributed by atoms with van der Waals surface area (Å²) in [6, 6.07) is 21.7.